The summed E-state index contributed by atoms with van der Waals surface area (Å²) in [5.41, 5.74) is 3.63. The summed E-state index contributed by atoms with van der Waals surface area (Å²) in [6, 6.07) is 6.37. The minimum Gasteiger partial charge on any atom is -0.441 e. The van der Waals surface area contributed by atoms with Gasteiger partial charge >= 0.3 is 0 Å². The molecular weight excluding hydrogens is 236 g/mol. The first-order valence-electron chi connectivity index (χ1n) is 6.93. The molecular formula is C16H22N2O. The maximum atomic E-state index is 5.82. The van der Waals surface area contributed by atoms with Crippen LogP contribution in [0.1, 0.15) is 30.4 Å². The van der Waals surface area contributed by atoms with Crippen molar-refractivity contribution in [2.45, 2.75) is 33.6 Å². The summed E-state index contributed by atoms with van der Waals surface area (Å²) in [5.74, 6) is 1.67. The summed E-state index contributed by atoms with van der Waals surface area (Å²) in [6.07, 6.45) is 3.82. The Morgan fingerprint density at radius 3 is 2.79 bits per heavy atom. The Kier molecular flexibility index (Phi) is 4.74. The second-order valence-electron chi connectivity index (χ2n) is 4.94. The molecule has 0 spiro atoms. The molecule has 1 N–H and O–H groups in total. The fourth-order valence-corrected chi connectivity index (χ4v) is 2.14. The normalized spacial score (nSPS) is 10.9. The molecule has 2 aromatic rings. The van der Waals surface area contributed by atoms with Crippen LogP contribution in [-0.2, 0) is 6.42 Å². The van der Waals surface area contributed by atoms with Crippen LogP contribution in [0.2, 0.25) is 0 Å². The summed E-state index contributed by atoms with van der Waals surface area (Å²) >= 11 is 0. The molecule has 0 aliphatic heterocycles. The first-order chi connectivity index (χ1) is 9.20. The summed E-state index contributed by atoms with van der Waals surface area (Å²) < 4.78 is 5.82. The Labute approximate surface area is 115 Å². The van der Waals surface area contributed by atoms with Crippen LogP contribution < -0.4 is 5.32 Å². The second kappa shape index (κ2) is 6.53. The van der Waals surface area contributed by atoms with Crippen LogP contribution in [0.15, 0.2) is 28.8 Å². The van der Waals surface area contributed by atoms with E-state index in [1.165, 1.54) is 11.1 Å². The number of aryl methyl sites for hydroxylation is 2. The molecule has 0 aliphatic rings. The van der Waals surface area contributed by atoms with Gasteiger partial charge in [0.05, 0.1) is 6.20 Å². The number of nitrogens with zero attached hydrogens (tertiary/aromatic N) is 1. The molecule has 0 radical (unpaired) electrons. The van der Waals surface area contributed by atoms with Gasteiger partial charge in [0.1, 0.15) is 0 Å². The fourth-order valence-electron chi connectivity index (χ4n) is 2.14. The van der Waals surface area contributed by atoms with Crippen molar-refractivity contribution >= 4 is 0 Å². The van der Waals surface area contributed by atoms with Crippen LogP contribution in [0.5, 0.6) is 0 Å². The van der Waals surface area contributed by atoms with Crippen molar-refractivity contribution in [3.8, 4) is 11.3 Å². The molecule has 102 valence electrons. The van der Waals surface area contributed by atoms with Crippen LogP contribution in [-0.4, -0.2) is 18.1 Å². The van der Waals surface area contributed by atoms with Crippen molar-refractivity contribution in [2.75, 3.05) is 13.1 Å². The molecule has 0 amide bonds. The molecule has 0 aliphatic carbocycles. The average molecular weight is 258 g/mol. The maximum absolute atomic E-state index is 5.82. The SMILES string of the molecule is CCCNCCc1ncc(-c2ccc(C)cc2C)o1. The molecule has 19 heavy (non-hydrogen) atoms. The van der Waals surface area contributed by atoms with Crippen LogP contribution in [0.25, 0.3) is 11.3 Å². The zero-order valence-electron chi connectivity index (χ0n) is 12.0. The van der Waals surface area contributed by atoms with Crippen LogP contribution >= 0.6 is 0 Å². The van der Waals surface area contributed by atoms with Crippen molar-refractivity contribution < 1.29 is 4.42 Å². The Hall–Kier alpha value is -1.61. The molecule has 0 saturated heterocycles. The molecule has 0 bridgehead atoms. The molecule has 0 saturated carbocycles. The van der Waals surface area contributed by atoms with Crippen molar-refractivity contribution in [2.24, 2.45) is 0 Å². The third-order valence-electron chi connectivity index (χ3n) is 3.14. The third kappa shape index (κ3) is 3.67. The van der Waals surface area contributed by atoms with E-state index in [0.717, 1.165) is 43.1 Å². The smallest absolute Gasteiger partial charge is 0.196 e. The van der Waals surface area contributed by atoms with Gasteiger partial charge in [0.25, 0.3) is 0 Å². The Bertz CT molecular complexity index is 531. The number of nitrogens with one attached hydrogen (secondary N) is 1. The van der Waals surface area contributed by atoms with Gasteiger partial charge in [-0.1, -0.05) is 30.7 Å². The summed E-state index contributed by atoms with van der Waals surface area (Å²) in [4.78, 5) is 4.35. The van der Waals surface area contributed by atoms with E-state index in [4.69, 9.17) is 4.42 Å². The lowest BCUT2D eigenvalue weighted by Gasteiger charge is -2.03. The molecule has 0 atom stereocenters. The highest BCUT2D eigenvalue weighted by Gasteiger charge is 2.08. The third-order valence-corrected chi connectivity index (χ3v) is 3.14. The molecule has 0 unspecified atom stereocenters. The number of hydrogen-bond acceptors (Lipinski definition) is 3. The number of hydrogen-bond donors (Lipinski definition) is 1. The predicted molar refractivity (Wildman–Crippen MR) is 78.3 cm³/mol. The van der Waals surface area contributed by atoms with E-state index < -0.39 is 0 Å². The van der Waals surface area contributed by atoms with Gasteiger partial charge in [0.15, 0.2) is 11.7 Å². The quantitative estimate of drug-likeness (QED) is 0.806. The largest absolute Gasteiger partial charge is 0.441 e. The minimum atomic E-state index is 0.804. The van der Waals surface area contributed by atoms with E-state index in [-0.39, 0.29) is 0 Å². The molecule has 1 heterocycles. The van der Waals surface area contributed by atoms with Gasteiger partial charge in [0.2, 0.25) is 0 Å². The van der Waals surface area contributed by atoms with E-state index >= 15 is 0 Å². The number of rotatable bonds is 6. The van der Waals surface area contributed by atoms with Crippen molar-refractivity contribution in [3.63, 3.8) is 0 Å². The highest BCUT2D eigenvalue weighted by Crippen LogP contribution is 2.24. The van der Waals surface area contributed by atoms with Crippen molar-refractivity contribution in [1.82, 2.24) is 10.3 Å². The second-order valence-corrected chi connectivity index (χ2v) is 4.94. The van der Waals surface area contributed by atoms with Gasteiger partial charge in [-0.25, -0.2) is 4.98 Å². The van der Waals surface area contributed by atoms with Crippen LogP contribution in [0.4, 0.5) is 0 Å². The number of oxazole rings is 1. The summed E-state index contributed by atoms with van der Waals surface area (Å²) in [6.45, 7) is 8.33. The van der Waals surface area contributed by atoms with E-state index in [2.05, 4.69) is 49.3 Å². The average Bonchev–Trinajstić information content (AvgIpc) is 2.83. The first-order valence-corrected chi connectivity index (χ1v) is 6.93. The van der Waals surface area contributed by atoms with Gasteiger partial charge in [-0.15, -0.1) is 0 Å². The van der Waals surface area contributed by atoms with Gasteiger partial charge in [-0.3, -0.25) is 0 Å². The zero-order chi connectivity index (χ0) is 13.7. The lowest BCUT2D eigenvalue weighted by Crippen LogP contribution is -2.17. The molecule has 0 fully saturated rings. The lowest BCUT2D eigenvalue weighted by molar-refractivity contribution is 0.494. The molecule has 3 heteroatoms. The molecule has 1 aromatic heterocycles. The van der Waals surface area contributed by atoms with Crippen LogP contribution in [0.3, 0.4) is 0 Å². The van der Waals surface area contributed by atoms with E-state index in [9.17, 15) is 0 Å². The van der Waals surface area contributed by atoms with E-state index in [0.29, 0.717) is 0 Å². The monoisotopic (exact) mass is 258 g/mol. The van der Waals surface area contributed by atoms with Gasteiger partial charge in [-0.2, -0.15) is 0 Å². The van der Waals surface area contributed by atoms with Crippen LogP contribution in [0, 0.1) is 13.8 Å². The standard InChI is InChI=1S/C16H22N2O/c1-4-8-17-9-7-16-18-11-15(19-16)14-6-5-12(2)10-13(14)3/h5-6,10-11,17H,4,7-9H2,1-3H3. The topological polar surface area (TPSA) is 38.1 Å². The zero-order valence-corrected chi connectivity index (χ0v) is 12.0. The fraction of sp³-hybridized carbons (Fsp3) is 0.438. The number of aromatic nitrogens is 1. The molecule has 2 rings (SSSR count). The highest BCUT2D eigenvalue weighted by atomic mass is 16.4. The van der Waals surface area contributed by atoms with Gasteiger partial charge in [-0.05, 0) is 32.4 Å². The summed E-state index contributed by atoms with van der Waals surface area (Å²) in [7, 11) is 0. The highest BCUT2D eigenvalue weighted by molar-refractivity contribution is 5.61. The first kappa shape index (κ1) is 13.8. The van der Waals surface area contributed by atoms with Gasteiger partial charge < -0.3 is 9.73 Å². The van der Waals surface area contributed by atoms with E-state index in [1.54, 1.807) is 0 Å². The van der Waals surface area contributed by atoms with Crippen molar-refractivity contribution in [1.29, 1.82) is 0 Å². The van der Waals surface area contributed by atoms with E-state index in [1.807, 2.05) is 6.20 Å². The Morgan fingerprint density at radius 1 is 1.21 bits per heavy atom. The molecule has 3 nitrogen and oxygen atoms in total. The number of benzene rings is 1. The van der Waals surface area contributed by atoms with Gasteiger partial charge in [0, 0.05) is 18.5 Å². The Balaban J connectivity index is 2.04. The van der Waals surface area contributed by atoms with Crippen molar-refractivity contribution in [3.05, 3.63) is 41.4 Å². The molecule has 1 aromatic carbocycles. The Morgan fingerprint density at radius 2 is 2.05 bits per heavy atom. The lowest BCUT2D eigenvalue weighted by atomic mass is 10.0. The maximum Gasteiger partial charge on any atom is 0.196 e. The predicted octanol–water partition coefficient (Wildman–Crippen LogP) is 3.50. The minimum absolute atomic E-state index is 0.804. The summed E-state index contributed by atoms with van der Waals surface area (Å²) in [5, 5.41) is 3.35.